The van der Waals surface area contributed by atoms with Gasteiger partial charge in [-0.15, -0.1) is 0 Å². The van der Waals surface area contributed by atoms with E-state index in [0.29, 0.717) is 31.8 Å². The van der Waals surface area contributed by atoms with Gasteiger partial charge in [0.2, 0.25) is 5.91 Å². The molecule has 1 amide bonds. The van der Waals surface area contributed by atoms with Crippen LogP contribution in [0.3, 0.4) is 0 Å². The summed E-state index contributed by atoms with van der Waals surface area (Å²) in [7, 11) is 0. The first-order chi connectivity index (χ1) is 23.4. The van der Waals surface area contributed by atoms with Crippen LogP contribution in [-0.4, -0.2) is 48.1 Å². The average Bonchev–Trinajstić information content (AvgIpc) is 3.08. The van der Waals surface area contributed by atoms with Gasteiger partial charge in [-0.2, -0.15) is 0 Å². The number of primary amides is 1. The van der Waals surface area contributed by atoms with Gasteiger partial charge in [0.25, 0.3) is 0 Å². The fourth-order valence-corrected chi connectivity index (χ4v) is 2.74. The fraction of sp³-hybridized carbons (Fsp3) is 0.683. The first-order valence-electron chi connectivity index (χ1n) is 18.1. The minimum Gasteiger partial charge on any atom is -0.481 e. The lowest BCUT2D eigenvalue weighted by Gasteiger charge is -2.20. The van der Waals surface area contributed by atoms with Crippen molar-refractivity contribution in [1.29, 1.82) is 0 Å². The number of carboxylic acids is 1. The highest BCUT2D eigenvalue weighted by Crippen LogP contribution is 2.23. The average molecular weight is 722 g/mol. The number of amides is 1. The molecule has 0 aliphatic carbocycles. The minimum atomic E-state index is -0.722. The molecule has 1 aromatic rings. The number of benzene rings is 1. The molecule has 1 aromatic carbocycles. The lowest BCUT2D eigenvalue weighted by Crippen LogP contribution is -2.30. The Morgan fingerprint density at radius 2 is 1.02 bits per heavy atom. The largest absolute Gasteiger partial charge is 0.481 e. The van der Waals surface area contributed by atoms with Crippen molar-refractivity contribution < 1.29 is 43.3 Å². The standard InChI is InChI=1S/C16H28O4.C13H18O2.C6H13NO.C6H12O2/c1-6-16(4,5)15(18)20-12-10-8-7-9-11-19-14(17)13(2)3;1-4-13(2,3)12(14)15-10-11-8-6-5-7-9-11;2*1-4-6(2,3)5(7)8/h2,6-12H2,1,3-5H3;5-9H,4,10H2,1-3H3;4H2,1-3H3,(H2,7,8);4H2,1-3H3,(H,7,8). The summed E-state index contributed by atoms with van der Waals surface area (Å²) in [5, 5.41) is 8.44. The van der Waals surface area contributed by atoms with Gasteiger partial charge in [-0.25, -0.2) is 4.79 Å². The number of aliphatic carboxylic acids is 1. The van der Waals surface area contributed by atoms with Gasteiger partial charge in [0.15, 0.2) is 0 Å². The maximum absolute atomic E-state index is 11.7. The van der Waals surface area contributed by atoms with Crippen LogP contribution in [0.15, 0.2) is 42.5 Å². The van der Waals surface area contributed by atoms with Crippen molar-refractivity contribution in [3.05, 3.63) is 48.0 Å². The van der Waals surface area contributed by atoms with E-state index in [-0.39, 0.29) is 34.6 Å². The van der Waals surface area contributed by atoms with Crippen LogP contribution in [0, 0.1) is 21.7 Å². The van der Waals surface area contributed by atoms with Crippen LogP contribution >= 0.6 is 0 Å². The third-order valence-corrected chi connectivity index (χ3v) is 8.95. The Kier molecular flexibility index (Phi) is 26.5. The topological polar surface area (TPSA) is 159 Å². The van der Waals surface area contributed by atoms with E-state index in [2.05, 4.69) is 6.58 Å². The molecule has 0 bridgehead atoms. The van der Waals surface area contributed by atoms with E-state index in [0.717, 1.165) is 50.5 Å². The van der Waals surface area contributed by atoms with Gasteiger partial charge in [0, 0.05) is 11.0 Å². The molecular weight excluding hydrogens is 650 g/mol. The molecule has 0 heterocycles. The number of carboxylic acid groups (broad SMARTS) is 1. The van der Waals surface area contributed by atoms with Crippen LogP contribution < -0.4 is 5.73 Å². The zero-order chi connectivity index (χ0) is 40.5. The van der Waals surface area contributed by atoms with E-state index in [4.69, 9.17) is 25.1 Å². The Bertz CT molecular complexity index is 1160. The molecule has 294 valence electrons. The first-order valence-corrected chi connectivity index (χ1v) is 18.1. The molecule has 0 radical (unpaired) electrons. The molecule has 0 saturated carbocycles. The zero-order valence-electron chi connectivity index (χ0n) is 34.2. The summed E-state index contributed by atoms with van der Waals surface area (Å²) in [6.07, 6.45) is 6.65. The van der Waals surface area contributed by atoms with Gasteiger partial charge in [-0.05, 0) is 105 Å². The number of hydrogen-bond acceptors (Lipinski definition) is 8. The van der Waals surface area contributed by atoms with Crippen molar-refractivity contribution in [3.63, 3.8) is 0 Å². The van der Waals surface area contributed by atoms with Crippen LogP contribution in [0.25, 0.3) is 0 Å². The predicted octanol–water partition coefficient (Wildman–Crippen LogP) is 9.23. The normalized spacial score (nSPS) is 11.2. The van der Waals surface area contributed by atoms with Gasteiger partial charge in [0.05, 0.1) is 29.5 Å². The van der Waals surface area contributed by atoms with Crippen LogP contribution in [-0.2, 0) is 44.8 Å². The van der Waals surface area contributed by atoms with Gasteiger partial charge >= 0.3 is 23.9 Å². The van der Waals surface area contributed by atoms with Gasteiger partial charge < -0.3 is 25.1 Å². The highest BCUT2D eigenvalue weighted by atomic mass is 16.5. The zero-order valence-corrected chi connectivity index (χ0v) is 34.2. The third kappa shape index (κ3) is 25.0. The van der Waals surface area contributed by atoms with Crippen LogP contribution in [0.1, 0.15) is 147 Å². The number of nitrogens with two attached hydrogens (primary N) is 1. The number of carbonyl (C=O) groups excluding carboxylic acids is 4. The number of ether oxygens (including phenoxy) is 3. The molecule has 0 saturated heterocycles. The van der Waals surface area contributed by atoms with Crippen molar-refractivity contribution >= 4 is 29.8 Å². The fourth-order valence-electron chi connectivity index (χ4n) is 2.74. The van der Waals surface area contributed by atoms with Crippen molar-refractivity contribution in [2.24, 2.45) is 27.4 Å². The molecule has 1 rings (SSSR count). The van der Waals surface area contributed by atoms with E-state index in [1.165, 1.54) is 0 Å². The minimum absolute atomic E-state index is 0.129. The Morgan fingerprint density at radius 3 is 1.33 bits per heavy atom. The van der Waals surface area contributed by atoms with Crippen LogP contribution in [0.2, 0.25) is 0 Å². The van der Waals surface area contributed by atoms with Crippen molar-refractivity contribution in [2.45, 2.75) is 148 Å². The highest BCUT2D eigenvalue weighted by molar-refractivity contribution is 5.86. The summed E-state index contributed by atoms with van der Waals surface area (Å²) >= 11 is 0. The molecule has 0 spiro atoms. The Balaban J connectivity index is -0.000000650. The Hall–Kier alpha value is -3.69. The lowest BCUT2D eigenvalue weighted by atomic mass is 9.90. The number of rotatable bonds is 18. The molecule has 0 atom stereocenters. The second kappa shape index (κ2) is 26.1. The summed E-state index contributed by atoms with van der Waals surface area (Å²) in [5.74, 6) is -1.54. The van der Waals surface area contributed by atoms with Crippen LogP contribution in [0.4, 0.5) is 0 Å². The quantitative estimate of drug-likeness (QED) is 0.0652. The molecule has 51 heavy (non-hydrogen) atoms. The molecule has 10 nitrogen and oxygen atoms in total. The Labute approximate surface area is 309 Å². The second-order valence-corrected chi connectivity index (χ2v) is 15.1. The highest BCUT2D eigenvalue weighted by Gasteiger charge is 2.28. The van der Waals surface area contributed by atoms with E-state index in [1.54, 1.807) is 20.8 Å². The monoisotopic (exact) mass is 722 g/mol. The number of carbonyl (C=O) groups is 5. The predicted molar refractivity (Wildman–Crippen MR) is 205 cm³/mol. The summed E-state index contributed by atoms with van der Waals surface area (Å²) in [4.78, 5) is 55.2. The van der Waals surface area contributed by atoms with E-state index in [1.807, 2.05) is 99.6 Å². The summed E-state index contributed by atoms with van der Waals surface area (Å²) in [6.45, 7) is 28.9. The van der Waals surface area contributed by atoms with E-state index in [9.17, 15) is 24.0 Å². The third-order valence-electron chi connectivity index (χ3n) is 8.95. The number of esters is 3. The first kappa shape index (κ1) is 51.7. The number of unbranched alkanes of at least 4 members (excludes halogenated alkanes) is 3. The SMILES string of the molecule is C=C(C)C(=O)OCCCCCCOC(=O)C(C)(C)CC.CCC(C)(C)C(=O)O.CCC(C)(C)C(=O)OCc1ccccc1.CCC(C)(C)C(N)=O. The van der Waals surface area contributed by atoms with E-state index < -0.39 is 16.8 Å². The van der Waals surface area contributed by atoms with Crippen molar-refractivity contribution in [2.75, 3.05) is 13.2 Å². The molecule has 0 unspecified atom stereocenters. The summed E-state index contributed by atoms with van der Waals surface area (Å²) in [6, 6.07) is 9.72. The maximum atomic E-state index is 11.7. The van der Waals surface area contributed by atoms with Gasteiger partial charge in [-0.1, -0.05) is 78.5 Å². The van der Waals surface area contributed by atoms with E-state index >= 15 is 0 Å². The summed E-state index contributed by atoms with van der Waals surface area (Å²) in [5.41, 5.74) is 4.86. The second-order valence-electron chi connectivity index (χ2n) is 15.1. The molecule has 0 aromatic heterocycles. The van der Waals surface area contributed by atoms with Crippen molar-refractivity contribution in [1.82, 2.24) is 0 Å². The number of hydrogen-bond donors (Lipinski definition) is 2. The van der Waals surface area contributed by atoms with Gasteiger partial charge in [0.1, 0.15) is 6.61 Å². The van der Waals surface area contributed by atoms with Crippen molar-refractivity contribution in [3.8, 4) is 0 Å². The molecule has 0 aliphatic rings. The molecule has 3 N–H and O–H groups in total. The van der Waals surface area contributed by atoms with Crippen LogP contribution in [0.5, 0.6) is 0 Å². The molecule has 10 heteroatoms. The smallest absolute Gasteiger partial charge is 0.333 e. The summed E-state index contributed by atoms with van der Waals surface area (Å²) < 4.78 is 15.5. The molecule has 0 fully saturated rings. The maximum Gasteiger partial charge on any atom is 0.333 e. The lowest BCUT2D eigenvalue weighted by molar-refractivity contribution is -0.155. The molecular formula is C41H71NO9. The van der Waals surface area contributed by atoms with Gasteiger partial charge in [-0.3, -0.25) is 19.2 Å². The Morgan fingerprint density at radius 1 is 0.627 bits per heavy atom. The molecule has 0 aliphatic heterocycles.